The minimum absolute atomic E-state index is 0.560. The molecule has 9 heavy (non-hydrogen) atoms. The van der Waals surface area contributed by atoms with Crippen LogP contribution in [-0.2, 0) is 0 Å². The van der Waals surface area contributed by atoms with Crippen LogP contribution in [-0.4, -0.2) is 0 Å². The van der Waals surface area contributed by atoms with Crippen LogP contribution in [0.25, 0.3) is 0 Å². The van der Waals surface area contributed by atoms with Gasteiger partial charge in [-0.25, -0.2) is 0 Å². The first-order valence-corrected chi connectivity index (χ1v) is 2.68. The summed E-state index contributed by atoms with van der Waals surface area (Å²) < 4.78 is 0. The zero-order valence-corrected chi connectivity index (χ0v) is 6.36. The van der Waals surface area contributed by atoms with Gasteiger partial charge in [0, 0.05) is 5.57 Å². The number of allylic oxidation sites excluding steroid dienone is 2. The minimum Gasteiger partial charge on any atom is -0.193 e. The highest BCUT2D eigenvalue weighted by molar-refractivity contribution is 5.11. The standard InChI is InChI=1S/C4H5N.C4H8/c1-4(2)3-5;1-4(2)3/h1H2,2H3;1H2,2-3H3. The van der Waals surface area contributed by atoms with E-state index in [2.05, 4.69) is 13.2 Å². The molecule has 0 unspecified atom stereocenters. The van der Waals surface area contributed by atoms with Crippen LogP contribution in [0.2, 0.25) is 0 Å². The molecular formula is C8H13N. The van der Waals surface area contributed by atoms with E-state index in [0.717, 1.165) is 0 Å². The molecule has 50 valence electrons. The van der Waals surface area contributed by atoms with Crippen molar-refractivity contribution in [3.8, 4) is 6.07 Å². The second-order valence-corrected chi connectivity index (χ2v) is 2.10. The number of nitriles is 1. The molecule has 0 saturated carbocycles. The molecule has 0 aliphatic rings. The van der Waals surface area contributed by atoms with Crippen LogP contribution >= 0.6 is 0 Å². The number of hydrogen-bond donors (Lipinski definition) is 0. The van der Waals surface area contributed by atoms with Crippen LogP contribution in [0, 0.1) is 11.3 Å². The summed E-state index contributed by atoms with van der Waals surface area (Å²) in [6, 6.07) is 1.83. The predicted molar refractivity (Wildman–Crippen MR) is 40.9 cm³/mol. The van der Waals surface area contributed by atoms with Crippen LogP contribution in [0.15, 0.2) is 24.3 Å². The molecule has 0 amide bonds. The first-order chi connectivity index (χ1) is 4.00. The van der Waals surface area contributed by atoms with E-state index >= 15 is 0 Å². The highest BCUT2D eigenvalue weighted by Crippen LogP contribution is 1.74. The largest absolute Gasteiger partial charge is 0.193 e. The van der Waals surface area contributed by atoms with Gasteiger partial charge >= 0.3 is 0 Å². The molecule has 1 nitrogen and oxygen atoms in total. The SMILES string of the molecule is C=C(C)C.C=C(C)C#N. The lowest BCUT2D eigenvalue weighted by Crippen LogP contribution is -1.51. The van der Waals surface area contributed by atoms with Crippen molar-refractivity contribution in [2.75, 3.05) is 0 Å². The van der Waals surface area contributed by atoms with Crippen molar-refractivity contribution in [1.29, 1.82) is 5.26 Å². The summed E-state index contributed by atoms with van der Waals surface area (Å²) in [4.78, 5) is 0. The van der Waals surface area contributed by atoms with Crippen molar-refractivity contribution in [2.24, 2.45) is 0 Å². The summed E-state index contributed by atoms with van der Waals surface area (Å²) in [5.74, 6) is 0. The van der Waals surface area contributed by atoms with Crippen molar-refractivity contribution < 1.29 is 0 Å². The normalized spacial score (nSPS) is 6.00. The summed E-state index contributed by atoms with van der Waals surface area (Å²) in [6.45, 7) is 12.5. The lowest BCUT2D eigenvalue weighted by atomic mass is 10.4. The van der Waals surface area contributed by atoms with Gasteiger partial charge in [-0.15, -0.1) is 6.58 Å². The molecule has 0 N–H and O–H groups in total. The first kappa shape index (κ1) is 10.9. The van der Waals surface area contributed by atoms with Gasteiger partial charge in [0.05, 0.1) is 6.07 Å². The molecule has 0 atom stereocenters. The summed E-state index contributed by atoms with van der Waals surface area (Å²) in [6.07, 6.45) is 0. The Bertz CT molecular complexity index is 133. The fourth-order valence-electron chi connectivity index (χ4n) is 0. The highest BCUT2D eigenvalue weighted by Gasteiger charge is 1.64. The topological polar surface area (TPSA) is 23.8 Å². The maximum absolute atomic E-state index is 7.79. The third-order valence-electron chi connectivity index (χ3n) is 0.191. The van der Waals surface area contributed by atoms with Gasteiger partial charge in [-0.3, -0.25) is 0 Å². The van der Waals surface area contributed by atoms with Crippen molar-refractivity contribution in [3.63, 3.8) is 0 Å². The van der Waals surface area contributed by atoms with Gasteiger partial charge < -0.3 is 0 Å². The quantitative estimate of drug-likeness (QED) is 0.359. The molecule has 0 aromatic carbocycles. The van der Waals surface area contributed by atoms with E-state index in [-0.39, 0.29) is 0 Å². The molecule has 0 fully saturated rings. The van der Waals surface area contributed by atoms with Gasteiger partial charge in [0.15, 0.2) is 0 Å². The van der Waals surface area contributed by atoms with Crippen molar-refractivity contribution in [2.45, 2.75) is 20.8 Å². The Labute approximate surface area is 57.3 Å². The molecule has 0 bridgehead atoms. The van der Waals surface area contributed by atoms with Crippen LogP contribution in [0.3, 0.4) is 0 Å². The molecule has 0 rings (SSSR count). The molecular weight excluding hydrogens is 110 g/mol. The summed E-state index contributed by atoms with van der Waals surface area (Å²) in [5.41, 5.74) is 1.73. The molecule has 0 saturated heterocycles. The van der Waals surface area contributed by atoms with Crippen LogP contribution in [0.5, 0.6) is 0 Å². The van der Waals surface area contributed by atoms with Crippen LogP contribution in [0.4, 0.5) is 0 Å². The van der Waals surface area contributed by atoms with E-state index in [0.29, 0.717) is 5.57 Å². The molecule has 0 radical (unpaired) electrons. The fraction of sp³-hybridized carbons (Fsp3) is 0.375. The van der Waals surface area contributed by atoms with E-state index in [1.54, 1.807) is 6.92 Å². The summed E-state index contributed by atoms with van der Waals surface area (Å²) in [7, 11) is 0. The van der Waals surface area contributed by atoms with Gasteiger partial charge in [0.2, 0.25) is 0 Å². The van der Waals surface area contributed by atoms with Crippen LogP contribution < -0.4 is 0 Å². The maximum atomic E-state index is 7.79. The molecule has 0 heterocycles. The lowest BCUT2D eigenvalue weighted by molar-refractivity contribution is 1.42. The van der Waals surface area contributed by atoms with E-state index in [9.17, 15) is 0 Å². The van der Waals surface area contributed by atoms with E-state index in [4.69, 9.17) is 5.26 Å². The Morgan fingerprint density at radius 2 is 1.33 bits per heavy atom. The average Bonchev–Trinajstić information content (AvgIpc) is 1.65. The maximum Gasteiger partial charge on any atom is 0.0937 e. The summed E-state index contributed by atoms with van der Waals surface area (Å²) >= 11 is 0. The smallest absolute Gasteiger partial charge is 0.0937 e. The number of hydrogen-bond acceptors (Lipinski definition) is 1. The molecule has 0 aromatic rings. The molecule has 0 aliphatic carbocycles. The van der Waals surface area contributed by atoms with E-state index < -0.39 is 0 Å². The van der Waals surface area contributed by atoms with Crippen molar-refractivity contribution >= 4 is 0 Å². The van der Waals surface area contributed by atoms with Gasteiger partial charge in [0.25, 0.3) is 0 Å². The molecule has 0 aliphatic heterocycles. The third kappa shape index (κ3) is 183. The van der Waals surface area contributed by atoms with Crippen molar-refractivity contribution in [3.05, 3.63) is 24.3 Å². The van der Waals surface area contributed by atoms with Crippen LogP contribution in [0.1, 0.15) is 20.8 Å². The molecule has 1 heteroatoms. The Morgan fingerprint density at radius 3 is 1.33 bits per heavy atom. The van der Waals surface area contributed by atoms with Gasteiger partial charge in [0.1, 0.15) is 0 Å². The monoisotopic (exact) mass is 123 g/mol. The second kappa shape index (κ2) is 6.97. The van der Waals surface area contributed by atoms with Crippen molar-refractivity contribution in [1.82, 2.24) is 0 Å². The Kier molecular flexibility index (Phi) is 8.41. The minimum atomic E-state index is 0.560. The molecule has 0 spiro atoms. The summed E-state index contributed by atoms with van der Waals surface area (Å²) in [5, 5.41) is 7.79. The number of nitrogens with zero attached hydrogens (tertiary/aromatic N) is 1. The third-order valence-corrected chi connectivity index (χ3v) is 0.191. The van der Waals surface area contributed by atoms with Gasteiger partial charge in [-0.05, 0) is 20.8 Å². The lowest BCUT2D eigenvalue weighted by Gasteiger charge is -1.65. The first-order valence-electron chi connectivity index (χ1n) is 2.68. The Morgan fingerprint density at radius 1 is 1.22 bits per heavy atom. The number of rotatable bonds is 0. The zero-order chi connectivity index (χ0) is 7.86. The van der Waals surface area contributed by atoms with E-state index in [1.165, 1.54) is 5.57 Å². The Balaban J connectivity index is 0. The van der Waals surface area contributed by atoms with E-state index in [1.807, 2.05) is 19.9 Å². The van der Waals surface area contributed by atoms with Gasteiger partial charge in [-0.1, -0.05) is 12.2 Å². The highest BCUT2D eigenvalue weighted by atomic mass is 14.2. The predicted octanol–water partition coefficient (Wildman–Crippen LogP) is 2.67. The average molecular weight is 123 g/mol. The Hall–Kier alpha value is -1.03. The second-order valence-electron chi connectivity index (χ2n) is 2.10. The molecule has 0 aromatic heterocycles. The zero-order valence-electron chi connectivity index (χ0n) is 6.36. The fourth-order valence-corrected chi connectivity index (χ4v) is 0. The van der Waals surface area contributed by atoms with Gasteiger partial charge in [-0.2, -0.15) is 5.26 Å².